The Bertz CT molecular complexity index is 525. The smallest absolute Gasteiger partial charge is 0.0939 e. The molecule has 0 N–H and O–H groups in total. The van der Waals surface area contributed by atoms with Gasteiger partial charge in [-0.1, -0.05) is 29.3 Å². The maximum atomic E-state index is 6.57. The van der Waals surface area contributed by atoms with Crippen LogP contribution in [0.3, 0.4) is 0 Å². The Morgan fingerprint density at radius 1 is 1.06 bits per heavy atom. The maximum absolute atomic E-state index is 6.57. The second-order valence-corrected chi connectivity index (χ2v) is 6.93. The van der Waals surface area contributed by atoms with Crippen LogP contribution in [0.5, 0.6) is 0 Å². The fraction of sp³-hybridized carbons (Fsp3) is 0.286. The fourth-order valence-corrected chi connectivity index (χ4v) is 4.38. The topological polar surface area (TPSA) is 0 Å². The molecule has 1 heterocycles. The minimum atomic E-state index is -0.0679. The van der Waals surface area contributed by atoms with Crippen molar-refractivity contribution in [2.24, 2.45) is 0 Å². The molecule has 0 bridgehead atoms. The zero-order valence-electron chi connectivity index (χ0n) is 10.1. The zero-order valence-corrected chi connectivity index (χ0v) is 13.2. The third-order valence-corrected chi connectivity index (χ3v) is 5.24. The van der Waals surface area contributed by atoms with Gasteiger partial charge in [0.25, 0.3) is 0 Å². The van der Waals surface area contributed by atoms with Gasteiger partial charge in [0.1, 0.15) is 0 Å². The summed E-state index contributed by atoms with van der Waals surface area (Å²) in [4.78, 5) is 2.47. The van der Waals surface area contributed by atoms with Crippen LogP contribution in [0.2, 0.25) is 0 Å². The molecule has 1 aromatic carbocycles. The lowest BCUT2D eigenvalue weighted by atomic mass is 10.0. The first kappa shape index (κ1) is 13.1. The Hall–Kier alpha value is -0.310. The lowest BCUT2D eigenvalue weighted by molar-refractivity contribution is 1.15. The molecule has 3 heteroatoms. The first-order valence-electron chi connectivity index (χ1n) is 5.45. The number of aryl methyl sites for hydroxylation is 3. The van der Waals surface area contributed by atoms with Gasteiger partial charge in [0.2, 0.25) is 0 Å². The van der Waals surface area contributed by atoms with E-state index in [9.17, 15) is 0 Å². The fourth-order valence-electron chi connectivity index (χ4n) is 1.98. The predicted molar refractivity (Wildman–Crippen MR) is 80.4 cm³/mol. The molecule has 2 aromatic rings. The number of hydrogen-bond donors (Lipinski definition) is 0. The van der Waals surface area contributed by atoms with Crippen LogP contribution in [-0.2, 0) is 0 Å². The monoisotopic (exact) mass is 328 g/mol. The van der Waals surface area contributed by atoms with Crippen LogP contribution in [0.4, 0.5) is 0 Å². The molecule has 1 atom stereocenters. The van der Waals surface area contributed by atoms with Crippen LogP contribution in [0.15, 0.2) is 28.7 Å². The van der Waals surface area contributed by atoms with Crippen molar-refractivity contribution in [3.8, 4) is 0 Å². The number of thiophene rings is 1. The summed E-state index contributed by atoms with van der Waals surface area (Å²) < 4.78 is 1.11. The standard InChI is InChI=1S/C14H14BrClS/c1-8-4-9(2)6-11(5-8)13(16)14-12(15)7-10(3)17-14/h4-7,13H,1-3H3. The van der Waals surface area contributed by atoms with Crippen molar-refractivity contribution in [1.29, 1.82) is 0 Å². The highest BCUT2D eigenvalue weighted by Gasteiger charge is 2.17. The Balaban J connectivity index is 2.43. The molecule has 1 aromatic heterocycles. The van der Waals surface area contributed by atoms with Crippen LogP contribution < -0.4 is 0 Å². The van der Waals surface area contributed by atoms with Crippen LogP contribution in [0, 0.1) is 20.8 Å². The third kappa shape index (κ3) is 2.93. The van der Waals surface area contributed by atoms with Crippen molar-refractivity contribution in [2.45, 2.75) is 26.1 Å². The first-order chi connectivity index (χ1) is 7.97. The van der Waals surface area contributed by atoms with E-state index in [0.717, 1.165) is 4.47 Å². The van der Waals surface area contributed by atoms with Crippen molar-refractivity contribution in [1.82, 2.24) is 0 Å². The number of alkyl halides is 1. The third-order valence-electron chi connectivity index (χ3n) is 2.60. The summed E-state index contributed by atoms with van der Waals surface area (Å²) in [5.74, 6) is 0. The minimum absolute atomic E-state index is 0.0679. The molecule has 0 radical (unpaired) electrons. The molecule has 0 aliphatic heterocycles. The summed E-state index contributed by atoms with van der Waals surface area (Å²) in [6.07, 6.45) is 0. The molecule has 1 unspecified atom stereocenters. The second kappa shape index (κ2) is 5.13. The van der Waals surface area contributed by atoms with E-state index in [-0.39, 0.29) is 5.38 Å². The number of hydrogen-bond acceptors (Lipinski definition) is 1. The lowest BCUT2D eigenvalue weighted by Gasteiger charge is -2.11. The van der Waals surface area contributed by atoms with E-state index in [1.807, 2.05) is 0 Å². The highest BCUT2D eigenvalue weighted by atomic mass is 79.9. The van der Waals surface area contributed by atoms with Crippen molar-refractivity contribution < 1.29 is 0 Å². The molecule has 0 aliphatic rings. The Labute approximate surface area is 120 Å². The van der Waals surface area contributed by atoms with Gasteiger partial charge >= 0.3 is 0 Å². The van der Waals surface area contributed by atoms with Crippen LogP contribution in [0.1, 0.15) is 31.8 Å². The summed E-state index contributed by atoms with van der Waals surface area (Å²) in [5.41, 5.74) is 3.69. The minimum Gasteiger partial charge on any atom is -0.143 e. The van der Waals surface area contributed by atoms with Gasteiger partial charge < -0.3 is 0 Å². The lowest BCUT2D eigenvalue weighted by Crippen LogP contribution is -1.93. The number of benzene rings is 1. The Kier molecular flexibility index (Phi) is 3.96. The molecule has 90 valence electrons. The van der Waals surface area contributed by atoms with Gasteiger partial charge in [-0.05, 0) is 48.3 Å². The van der Waals surface area contributed by atoms with Crippen molar-refractivity contribution in [2.75, 3.05) is 0 Å². The van der Waals surface area contributed by atoms with Gasteiger partial charge in [0, 0.05) is 14.2 Å². The largest absolute Gasteiger partial charge is 0.143 e. The van der Waals surface area contributed by atoms with E-state index < -0.39 is 0 Å². The molecule has 0 saturated carbocycles. The van der Waals surface area contributed by atoms with E-state index in [2.05, 4.69) is 61.0 Å². The highest BCUT2D eigenvalue weighted by molar-refractivity contribution is 9.10. The molecular formula is C14H14BrClS. The van der Waals surface area contributed by atoms with E-state index in [4.69, 9.17) is 11.6 Å². The maximum Gasteiger partial charge on any atom is 0.0939 e. The highest BCUT2D eigenvalue weighted by Crippen LogP contribution is 2.39. The summed E-state index contributed by atoms with van der Waals surface area (Å²) >= 11 is 11.9. The van der Waals surface area contributed by atoms with Crippen LogP contribution >= 0.6 is 38.9 Å². The van der Waals surface area contributed by atoms with Gasteiger partial charge in [0.05, 0.1) is 5.38 Å². The van der Waals surface area contributed by atoms with Gasteiger partial charge in [-0.2, -0.15) is 0 Å². The molecule has 0 aliphatic carbocycles. The van der Waals surface area contributed by atoms with Gasteiger partial charge in [-0.25, -0.2) is 0 Å². The van der Waals surface area contributed by atoms with E-state index in [1.165, 1.54) is 26.4 Å². The average molecular weight is 330 g/mol. The van der Waals surface area contributed by atoms with Gasteiger partial charge in [-0.3, -0.25) is 0 Å². The Morgan fingerprint density at radius 2 is 1.65 bits per heavy atom. The van der Waals surface area contributed by atoms with Crippen molar-refractivity contribution >= 4 is 38.9 Å². The summed E-state index contributed by atoms with van der Waals surface area (Å²) in [7, 11) is 0. The quantitative estimate of drug-likeness (QED) is 0.614. The molecule has 0 spiro atoms. The van der Waals surface area contributed by atoms with E-state index in [0.29, 0.717) is 0 Å². The summed E-state index contributed by atoms with van der Waals surface area (Å²) in [6.45, 7) is 6.31. The van der Waals surface area contributed by atoms with Crippen LogP contribution in [0.25, 0.3) is 0 Å². The first-order valence-corrected chi connectivity index (χ1v) is 7.50. The van der Waals surface area contributed by atoms with Crippen LogP contribution in [-0.4, -0.2) is 0 Å². The predicted octanol–water partition coefficient (Wildman–Crippen LogP) is 5.76. The van der Waals surface area contributed by atoms with Gasteiger partial charge in [-0.15, -0.1) is 22.9 Å². The number of halogens is 2. The van der Waals surface area contributed by atoms with Crippen molar-refractivity contribution in [3.05, 3.63) is 55.2 Å². The molecule has 0 nitrogen and oxygen atoms in total. The summed E-state index contributed by atoms with van der Waals surface area (Å²) in [6, 6.07) is 8.61. The second-order valence-electron chi connectivity index (χ2n) is 4.35. The molecule has 0 fully saturated rings. The van der Waals surface area contributed by atoms with E-state index in [1.54, 1.807) is 11.3 Å². The van der Waals surface area contributed by atoms with Crippen molar-refractivity contribution in [3.63, 3.8) is 0 Å². The summed E-state index contributed by atoms with van der Waals surface area (Å²) in [5, 5.41) is -0.0679. The van der Waals surface area contributed by atoms with E-state index >= 15 is 0 Å². The zero-order chi connectivity index (χ0) is 12.6. The molecule has 2 rings (SSSR count). The Morgan fingerprint density at radius 3 is 2.12 bits per heavy atom. The SMILES string of the molecule is Cc1cc(C)cc(C(Cl)c2sc(C)cc2Br)c1. The molecule has 0 amide bonds. The normalized spacial score (nSPS) is 12.8. The molecule has 17 heavy (non-hydrogen) atoms. The number of rotatable bonds is 2. The van der Waals surface area contributed by atoms with Gasteiger partial charge in [0.15, 0.2) is 0 Å². The molecular weight excluding hydrogens is 316 g/mol. The average Bonchev–Trinajstić information content (AvgIpc) is 2.55. The molecule has 0 saturated heterocycles.